The largest absolute Gasteiger partial charge is 0.481 e. The van der Waals surface area contributed by atoms with E-state index in [0.717, 1.165) is 37.7 Å². The van der Waals surface area contributed by atoms with Gasteiger partial charge < -0.3 is 9.84 Å². The van der Waals surface area contributed by atoms with E-state index in [4.69, 9.17) is 4.74 Å². The Morgan fingerprint density at radius 1 is 1.21 bits per heavy atom. The Balaban J connectivity index is 2.09. The maximum Gasteiger partial charge on any atom is 0.306 e. The number of rotatable bonds is 2. The first-order valence-corrected chi connectivity index (χ1v) is 9.10. The Hall–Kier alpha value is -1.16. The van der Waals surface area contributed by atoms with Crippen LogP contribution in [0.1, 0.15) is 73.1 Å². The number of hydrogen-bond donors (Lipinski definition) is 1. The standard InChI is InChI=1S/C20H30O4/c1-13-11-14(21)16-17(2,3)7-6-8-19(16,5)20(13)10-9-18(4,24-20)12-15(22)23/h11,16H,6-10,12H2,1-5H3,(H,22,23)/t16-,18-,19-,20+/m0/s1. The van der Waals surface area contributed by atoms with Gasteiger partial charge in [0, 0.05) is 11.3 Å². The molecule has 0 unspecified atom stereocenters. The van der Waals surface area contributed by atoms with Crippen molar-refractivity contribution in [3.05, 3.63) is 11.6 Å². The van der Waals surface area contributed by atoms with E-state index in [9.17, 15) is 14.7 Å². The molecule has 0 aromatic carbocycles. The molecule has 1 N–H and O–H groups in total. The molecule has 4 heteroatoms. The van der Waals surface area contributed by atoms with Crippen LogP contribution in [0.4, 0.5) is 0 Å². The number of fused-ring (bicyclic) bond motifs is 2. The van der Waals surface area contributed by atoms with Crippen LogP contribution in [0.5, 0.6) is 0 Å². The monoisotopic (exact) mass is 334 g/mol. The fourth-order valence-corrected chi connectivity index (χ4v) is 6.15. The molecule has 3 rings (SSSR count). The molecule has 1 saturated carbocycles. The Bertz CT molecular complexity index is 619. The average Bonchev–Trinajstić information content (AvgIpc) is 2.74. The number of ketones is 1. The van der Waals surface area contributed by atoms with E-state index in [-0.39, 0.29) is 29.0 Å². The van der Waals surface area contributed by atoms with Gasteiger partial charge in [-0.2, -0.15) is 0 Å². The van der Waals surface area contributed by atoms with Crippen LogP contribution < -0.4 is 0 Å². The number of allylic oxidation sites excluding steroid dienone is 1. The quantitative estimate of drug-likeness (QED) is 0.824. The van der Waals surface area contributed by atoms with E-state index in [1.54, 1.807) is 6.08 Å². The van der Waals surface area contributed by atoms with Gasteiger partial charge in [-0.3, -0.25) is 9.59 Å². The fourth-order valence-electron chi connectivity index (χ4n) is 6.15. The van der Waals surface area contributed by atoms with Crippen molar-refractivity contribution in [1.29, 1.82) is 0 Å². The third-order valence-electron chi connectivity index (χ3n) is 7.09. The SMILES string of the molecule is CC1=CC(=O)[C@H]2C(C)(C)CCC[C@]2(C)[C@@]12CC[C@@](C)(CC(=O)O)O2. The van der Waals surface area contributed by atoms with Gasteiger partial charge >= 0.3 is 5.97 Å². The summed E-state index contributed by atoms with van der Waals surface area (Å²) in [6.07, 6.45) is 6.42. The van der Waals surface area contributed by atoms with E-state index >= 15 is 0 Å². The zero-order chi connectivity index (χ0) is 18.0. The third kappa shape index (κ3) is 2.29. The highest BCUT2D eigenvalue weighted by atomic mass is 16.5. The fraction of sp³-hybridized carbons (Fsp3) is 0.800. The number of ether oxygens (including phenoxy) is 1. The number of carboxylic acids is 1. The van der Waals surface area contributed by atoms with Crippen LogP contribution in [0, 0.1) is 16.7 Å². The molecule has 2 aliphatic carbocycles. The lowest BCUT2D eigenvalue weighted by molar-refractivity contribution is -0.194. The summed E-state index contributed by atoms with van der Waals surface area (Å²) in [5, 5.41) is 9.26. The van der Waals surface area contributed by atoms with Crippen LogP contribution in [-0.2, 0) is 14.3 Å². The average molecular weight is 334 g/mol. The molecule has 4 atom stereocenters. The van der Waals surface area contributed by atoms with Crippen molar-refractivity contribution in [2.24, 2.45) is 16.7 Å². The Kier molecular flexibility index (Phi) is 3.80. The predicted octanol–water partition coefficient (Wildman–Crippen LogP) is 4.13. The summed E-state index contributed by atoms with van der Waals surface area (Å²) < 4.78 is 6.61. The summed E-state index contributed by atoms with van der Waals surface area (Å²) in [6.45, 7) is 10.5. The first kappa shape index (κ1) is 17.7. The Labute approximate surface area is 144 Å². The lowest BCUT2D eigenvalue weighted by Gasteiger charge is -2.60. The van der Waals surface area contributed by atoms with Crippen LogP contribution in [0.25, 0.3) is 0 Å². The summed E-state index contributed by atoms with van der Waals surface area (Å²) in [7, 11) is 0. The molecular weight excluding hydrogens is 304 g/mol. The van der Waals surface area contributed by atoms with Crippen molar-refractivity contribution < 1.29 is 19.4 Å². The molecule has 0 aromatic rings. The smallest absolute Gasteiger partial charge is 0.306 e. The van der Waals surface area contributed by atoms with E-state index in [0.29, 0.717) is 0 Å². The van der Waals surface area contributed by atoms with Gasteiger partial charge in [-0.1, -0.05) is 27.2 Å². The minimum Gasteiger partial charge on any atom is -0.481 e. The maximum atomic E-state index is 12.9. The second kappa shape index (κ2) is 5.17. The molecule has 1 aliphatic heterocycles. The first-order valence-electron chi connectivity index (χ1n) is 9.10. The minimum absolute atomic E-state index is 0.0140. The molecule has 1 saturated heterocycles. The minimum atomic E-state index is -0.825. The molecule has 4 nitrogen and oxygen atoms in total. The highest BCUT2D eigenvalue weighted by Gasteiger charge is 2.66. The molecule has 0 aromatic heterocycles. The van der Waals surface area contributed by atoms with E-state index in [1.807, 2.05) is 13.8 Å². The summed E-state index contributed by atoms with van der Waals surface area (Å²) in [4.78, 5) is 24.2. The lowest BCUT2D eigenvalue weighted by atomic mass is 9.46. The molecule has 0 radical (unpaired) electrons. The summed E-state index contributed by atoms with van der Waals surface area (Å²) in [6, 6.07) is 0. The van der Waals surface area contributed by atoms with Crippen LogP contribution in [0.2, 0.25) is 0 Å². The van der Waals surface area contributed by atoms with Crippen LogP contribution in [0.3, 0.4) is 0 Å². The molecule has 1 spiro atoms. The van der Waals surface area contributed by atoms with Crippen molar-refractivity contribution >= 4 is 11.8 Å². The number of carbonyl (C=O) groups is 2. The molecule has 134 valence electrons. The van der Waals surface area contributed by atoms with Gasteiger partial charge in [-0.15, -0.1) is 0 Å². The highest BCUT2D eigenvalue weighted by molar-refractivity contribution is 5.95. The summed E-state index contributed by atoms with van der Waals surface area (Å²) in [5.41, 5.74) is -0.494. The number of aliphatic carboxylic acids is 1. The molecule has 3 aliphatic rings. The topological polar surface area (TPSA) is 63.6 Å². The molecular formula is C20H30O4. The number of carbonyl (C=O) groups excluding carboxylic acids is 1. The van der Waals surface area contributed by atoms with Gasteiger partial charge in [0.1, 0.15) is 0 Å². The second-order valence-corrected chi connectivity index (χ2v) is 9.37. The van der Waals surface area contributed by atoms with Gasteiger partial charge in [0.15, 0.2) is 5.78 Å². The van der Waals surface area contributed by atoms with E-state index in [2.05, 4.69) is 20.8 Å². The van der Waals surface area contributed by atoms with Gasteiger partial charge in [-0.25, -0.2) is 0 Å². The lowest BCUT2D eigenvalue weighted by Crippen LogP contribution is -2.62. The molecule has 0 bridgehead atoms. The Morgan fingerprint density at radius 2 is 1.88 bits per heavy atom. The molecule has 0 amide bonds. The molecule has 1 heterocycles. The molecule has 24 heavy (non-hydrogen) atoms. The number of hydrogen-bond acceptors (Lipinski definition) is 3. The number of carboxylic acid groups (broad SMARTS) is 1. The zero-order valence-corrected chi connectivity index (χ0v) is 15.6. The molecule has 2 fully saturated rings. The van der Waals surface area contributed by atoms with Crippen molar-refractivity contribution in [1.82, 2.24) is 0 Å². The van der Waals surface area contributed by atoms with Crippen molar-refractivity contribution in [3.63, 3.8) is 0 Å². The van der Waals surface area contributed by atoms with Crippen molar-refractivity contribution in [2.75, 3.05) is 0 Å². The van der Waals surface area contributed by atoms with Crippen LogP contribution >= 0.6 is 0 Å². The first-order chi connectivity index (χ1) is 11.0. The van der Waals surface area contributed by atoms with Crippen LogP contribution in [-0.4, -0.2) is 28.1 Å². The maximum absolute atomic E-state index is 12.9. The van der Waals surface area contributed by atoms with Crippen molar-refractivity contribution in [3.8, 4) is 0 Å². The van der Waals surface area contributed by atoms with E-state index < -0.39 is 17.2 Å². The van der Waals surface area contributed by atoms with Crippen molar-refractivity contribution in [2.45, 2.75) is 84.3 Å². The zero-order valence-electron chi connectivity index (χ0n) is 15.6. The van der Waals surface area contributed by atoms with Gasteiger partial charge in [0.05, 0.1) is 17.6 Å². The van der Waals surface area contributed by atoms with Crippen LogP contribution in [0.15, 0.2) is 11.6 Å². The van der Waals surface area contributed by atoms with Gasteiger partial charge in [0.2, 0.25) is 0 Å². The van der Waals surface area contributed by atoms with Gasteiger partial charge in [-0.05, 0) is 56.6 Å². The normalized spacial score (nSPS) is 44.3. The predicted molar refractivity (Wildman–Crippen MR) is 91.7 cm³/mol. The summed E-state index contributed by atoms with van der Waals surface area (Å²) >= 11 is 0. The van der Waals surface area contributed by atoms with E-state index in [1.165, 1.54) is 0 Å². The third-order valence-corrected chi connectivity index (χ3v) is 7.09. The Morgan fingerprint density at radius 3 is 2.50 bits per heavy atom. The second-order valence-electron chi connectivity index (χ2n) is 9.37. The summed E-state index contributed by atoms with van der Waals surface area (Å²) in [5.74, 6) is -0.663. The highest BCUT2D eigenvalue weighted by Crippen LogP contribution is 2.65. The van der Waals surface area contributed by atoms with Gasteiger partial charge in [0.25, 0.3) is 0 Å².